The van der Waals surface area contributed by atoms with Crippen LogP contribution in [0.2, 0.25) is 5.15 Å². The monoisotopic (exact) mass is 282 g/mol. The van der Waals surface area contributed by atoms with Crippen LogP contribution in [0.15, 0.2) is 12.4 Å². The number of nitrogens with zero attached hydrogens (tertiary/aromatic N) is 4. The number of hydrogen-bond acceptors (Lipinski definition) is 5. The van der Waals surface area contributed by atoms with Gasteiger partial charge in [0, 0.05) is 18.9 Å². The average Bonchev–Trinajstić information content (AvgIpc) is 2.75. The molecule has 19 heavy (non-hydrogen) atoms. The van der Waals surface area contributed by atoms with Crippen molar-refractivity contribution in [3.05, 3.63) is 17.5 Å². The van der Waals surface area contributed by atoms with E-state index in [4.69, 9.17) is 21.1 Å². The zero-order valence-electron chi connectivity index (χ0n) is 10.8. The molecule has 0 bridgehead atoms. The molecule has 3 rings (SSSR count). The molecule has 0 spiro atoms. The molecule has 0 N–H and O–H groups in total. The van der Waals surface area contributed by atoms with Crippen LogP contribution >= 0.6 is 11.6 Å². The summed E-state index contributed by atoms with van der Waals surface area (Å²) in [6.45, 7) is 4.10. The Kier molecular flexibility index (Phi) is 3.28. The Balaban J connectivity index is 1.86. The lowest BCUT2D eigenvalue weighted by atomic mass is 10.0. The predicted octanol–water partition coefficient (Wildman–Crippen LogP) is 2.11. The quantitative estimate of drug-likeness (QED) is 0.790. The van der Waals surface area contributed by atoms with E-state index in [-0.39, 0.29) is 18.3 Å². The van der Waals surface area contributed by atoms with Crippen molar-refractivity contribution in [2.45, 2.75) is 45.0 Å². The lowest BCUT2D eigenvalue weighted by Crippen LogP contribution is -2.36. The van der Waals surface area contributed by atoms with Crippen molar-refractivity contribution in [2.75, 3.05) is 0 Å². The van der Waals surface area contributed by atoms with Gasteiger partial charge < -0.3 is 9.47 Å². The molecule has 1 aliphatic rings. The second kappa shape index (κ2) is 4.94. The Morgan fingerprint density at radius 1 is 1.37 bits per heavy atom. The second-order valence-electron chi connectivity index (χ2n) is 4.86. The van der Waals surface area contributed by atoms with Gasteiger partial charge in [0.2, 0.25) is 5.88 Å². The van der Waals surface area contributed by atoms with Gasteiger partial charge in [-0.05, 0) is 13.8 Å². The number of hydrogen-bond donors (Lipinski definition) is 0. The van der Waals surface area contributed by atoms with E-state index >= 15 is 0 Å². The van der Waals surface area contributed by atoms with Crippen molar-refractivity contribution in [2.24, 2.45) is 0 Å². The topological polar surface area (TPSA) is 61.5 Å². The van der Waals surface area contributed by atoms with E-state index in [1.54, 1.807) is 10.6 Å². The first-order chi connectivity index (χ1) is 9.11. The number of aromatic nitrogens is 4. The summed E-state index contributed by atoms with van der Waals surface area (Å²) in [4.78, 5) is 8.08. The van der Waals surface area contributed by atoms with Crippen LogP contribution in [-0.4, -0.2) is 37.9 Å². The SMILES string of the molecule is CC1CC(Oc2cc(Cl)nc3ncnn23)CC(C)O1. The third-order valence-corrected chi connectivity index (χ3v) is 3.32. The van der Waals surface area contributed by atoms with Crippen molar-refractivity contribution in [3.8, 4) is 5.88 Å². The fourth-order valence-corrected chi connectivity index (χ4v) is 2.62. The smallest absolute Gasteiger partial charge is 0.256 e. The Labute approximate surface area is 115 Å². The summed E-state index contributed by atoms with van der Waals surface area (Å²) in [7, 11) is 0. The third kappa shape index (κ3) is 2.64. The van der Waals surface area contributed by atoms with Crippen LogP contribution in [0, 0.1) is 0 Å². The highest BCUT2D eigenvalue weighted by atomic mass is 35.5. The van der Waals surface area contributed by atoms with Crippen molar-refractivity contribution in [1.82, 2.24) is 19.6 Å². The summed E-state index contributed by atoms with van der Waals surface area (Å²) < 4.78 is 13.3. The molecule has 0 amide bonds. The van der Waals surface area contributed by atoms with E-state index in [2.05, 4.69) is 28.9 Å². The van der Waals surface area contributed by atoms with Crippen molar-refractivity contribution < 1.29 is 9.47 Å². The van der Waals surface area contributed by atoms with Crippen LogP contribution in [0.3, 0.4) is 0 Å². The maximum Gasteiger partial charge on any atom is 0.256 e. The predicted molar refractivity (Wildman–Crippen MR) is 69.5 cm³/mol. The molecule has 0 radical (unpaired) electrons. The van der Waals surface area contributed by atoms with Gasteiger partial charge in [-0.2, -0.15) is 19.6 Å². The Hall–Kier alpha value is -1.40. The average molecular weight is 283 g/mol. The van der Waals surface area contributed by atoms with Crippen molar-refractivity contribution in [3.63, 3.8) is 0 Å². The van der Waals surface area contributed by atoms with Crippen LogP contribution in [0.5, 0.6) is 5.88 Å². The molecule has 102 valence electrons. The minimum absolute atomic E-state index is 0.0876. The minimum atomic E-state index is 0.0876. The van der Waals surface area contributed by atoms with E-state index in [1.165, 1.54) is 6.33 Å². The summed E-state index contributed by atoms with van der Waals surface area (Å²) in [6.07, 6.45) is 3.60. The number of ether oxygens (including phenoxy) is 2. The lowest BCUT2D eigenvalue weighted by Gasteiger charge is -2.32. The summed E-state index contributed by atoms with van der Waals surface area (Å²) in [6, 6.07) is 1.66. The molecular formula is C12H15ClN4O2. The van der Waals surface area contributed by atoms with Crippen molar-refractivity contribution >= 4 is 17.4 Å². The van der Waals surface area contributed by atoms with Crippen LogP contribution in [0.4, 0.5) is 0 Å². The molecule has 1 saturated heterocycles. The van der Waals surface area contributed by atoms with Crippen molar-refractivity contribution in [1.29, 1.82) is 0 Å². The van der Waals surface area contributed by atoms with Crippen LogP contribution in [0.25, 0.3) is 5.78 Å². The lowest BCUT2D eigenvalue weighted by molar-refractivity contribution is -0.0733. The van der Waals surface area contributed by atoms with Gasteiger partial charge in [-0.25, -0.2) is 0 Å². The second-order valence-corrected chi connectivity index (χ2v) is 5.24. The zero-order chi connectivity index (χ0) is 13.4. The van der Waals surface area contributed by atoms with E-state index in [1.807, 2.05) is 0 Å². The van der Waals surface area contributed by atoms with Crippen LogP contribution < -0.4 is 4.74 Å². The highest BCUT2D eigenvalue weighted by Crippen LogP contribution is 2.25. The van der Waals surface area contributed by atoms with Gasteiger partial charge >= 0.3 is 0 Å². The molecule has 6 nitrogen and oxygen atoms in total. The first-order valence-corrected chi connectivity index (χ1v) is 6.68. The van der Waals surface area contributed by atoms with Gasteiger partial charge in [-0.15, -0.1) is 0 Å². The Bertz CT molecular complexity index is 578. The molecule has 0 saturated carbocycles. The number of fused-ring (bicyclic) bond motifs is 1. The van der Waals surface area contributed by atoms with Crippen LogP contribution in [0.1, 0.15) is 26.7 Å². The molecule has 0 aromatic carbocycles. The van der Waals surface area contributed by atoms with Gasteiger partial charge in [0.05, 0.1) is 12.2 Å². The minimum Gasteiger partial charge on any atom is -0.474 e. The summed E-state index contributed by atoms with van der Waals surface area (Å²) in [5.41, 5.74) is 0. The van der Waals surface area contributed by atoms with Gasteiger partial charge in [-0.1, -0.05) is 11.6 Å². The van der Waals surface area contributed by atoms with E-state index < -0.39 is 0 Å². The van der Waals surface area contributed by atoms with E-state index in [0.29, 0.717) is 16.8 Å². The van der Waals surface area contributed by atoms with Gasteiger partial charge in [0.25, 0.3) is 5.78 Å². The molecule has 7 heteroatoms. The summed E-state index contributed by atoms with van der Waals surface area (Å²) in [5.74, 6) is 1.01. The first kappa shape index (κ1) is 12.6. The fraction of sp³-hybridized carbons (Fsp3) is 0.583. The third-order valence-electron chi connectivity index (χ3n) is 3.13. The first-order valence-electron chi connectivity index (χ1n) is 6.30. The molecule has 2 atom stereocenters. The fourth-order valence-electron chi connectivity index (χ4n) is 2.45. The summed E-state index contributed by atoms with van der Waals surface area (Å²) in [5, 5.41) is 4.44. The zero-order valence-corrected chi connectivity index (χ0v) is 11.5. The standard InChI is InChI=1S/C12H15ClN4O2/c1-7-3-9(4-8(2)18-7)19-11-5-10(13)16-12-14-6-15-17(11)12/h5-9H,3-4H2,1-2H3. The van der Waals surface area contributed by atoms with Gasteiger partial charge in [0.1, 0.15) is 17.6 Å². The van der Waals surface area contributed by atoms with Gasteiger partial charge in [0.15, 0.2) is 0 Å². The number of rotatable bonds is 2. The van der Waals surface area contributed by atoms with E-state index in [9.17, 15) is 0 Å². The molecule has 2 aromatic rings. The summed E-state index contributed by atoms with van der Waals surface area (Å²) >= 11 is 5.96. The molecule has 2 aromatic heterocycles. The highest BCUT2D eigenvalue weighted by Gasteiger charge is 2.26. The Morgan fingerprint density at radius 3 is 2.84 bits per heavy atom. The maximum absolute atomic E-state index is 6.00. The van der Waals surface area contributed by atoms with E-state index in [0.717, 1.165) is 12.8 Å². The number of halogens is 1. The molecule has 1 fully saturated rings. The normalized spacial score (nSPS) is 27.6. The molecule has 0 aliphatic carbocycles. The van der Waals surface area contributed by atoms with Gasteiger partial charge in [-0.3, -0.25) is 0 Å². The Morgan fingerprint density at radius 2 is 2.11 bits per heavy atom. The molecule has 2 unspecified atom stereocenters. The maximum atomic E-state index is 6.00. The largest absolute Gasteiger partial charge is 0.474 e. The van der Waals surface area contributed by atoms with Crippen LogP contribution in [-0.2, 0) is 4.74 Å². The molecular weight excluding hydrogens is 268 g/mol. The highest BCUT2D eigenvalue weighted by molar-refractivity contribution is 6.29. The molecule has 3 heterocycles. The molecule has 1 aliphatic heterocycles.